The molecule has 0 spiro atoms. The van der Waals surface area contributed by atoms with Crippen molar-refractivity contribution in [2.45, 2.75) is 227 Å². The quantitative estimate of drug-likeness (QED) is 0.0318. The first-order valence-corrected chi connectivity index (χ1v) is 20.6. The fourth-order valence-corrected chi connectivity index (χ4v) is 5.04. The van der Waals surface area contributed by atoms with Crippen molar-refractivity contribution in [3.05, 3.63) is 12.7 Å². The van der Waals surface area contributed by atoms with Crippen molar-refractivity contribution in [3.8, 4) is 0 Å². The summed E-state index contributed by atoms with van der Waals surface area (Å²) >= 11 is 0.750. The first kappa shape index (κ1) is 57.4. The molecule has 6 nitrogen and oxygen atoms in total. The van der Waals surface area contributed by atoms with Crippen molar-refractivity contribution < 1.29 is 48.3 Å². The SMILES string of the molecule is C=CC(=O)O.CC(C)CCCCCCCCCCCCCC[C-]=O.CC(C)CCCCCCCCCCCCCC[C-]=O.CC(C)O.[O]=[Ti+2]. The van der Waals surface area contributed by atoms with Crippen molar-refractivity contribution >= 4 is 18.5 Å². The van der Waals surface area contributed by atoms with Gasteiger partial charge in [-0.05, 0) is 25.7 Å². The van der Waals surface area contributed by atoms with E-state index in [0.29, 0.717) is 12.8 Å². The number of carboxylic acids is 1. The summed E-state index contributed by atoms with van der Waals surface area (Å²) in [6.45, 7) is 15.7. The second-order valence-corrected chi connectivity index (χ2v) is 14.3. The minimum atomic E-state index is -0.981. The molecule has 0 rings (SSSR count). The summed E-state index contributed by atoms with van der Waals surface area (Å²) in [5.41, 5.74) is 0. The van der Waals surface area contributed by atoms with Crippen LogP contribution in [0.5, 0.6) is 0 Å². The molecule has 0 unspecified atom stereocenters. The number of unbranched alkanes of at least 4 members (excludes halogenated alkanes) is 24. The van der Waals surface area contributed by atoms with Gasteiger partial charge in [-0.15, -0.1) is 0 Å². The summed E-state index contributed by atoms with van der Waals surface area (Å²) in [4.78, 5) is 29.3. The normalized spacial score (nSPS) is 10.1. The van der Waals surface area contributed by atoms with Gasteiger partial charge in [0, 0.05) is 12.2 Å². The molecule has 0 aliphatic rings. The van der Waals surface area contributed by atoms with Crippen molar-refractivity contribution in [3.63, 3.8) is 0 Å². The molecule has 0 saturated heterocycles. The number of aliphatic hydroxyl groups is 1. The van der Waals surface area contributed by atoms with E-state index in [4.69, 9.17) is 13.5 Å². The Labute approximate surface area is 317 Å². The molecule has 0 saturated carbocycles. The molecule has 0 fully saturated rings. The molecule has 0 amide bonds. The molecular formula is C42H82O6Ti. The molecule has 7 heteroatoms. The Morgan fingerprint density at radius 3 is 0.816 bits per heavy atom. The molecule has 0 aromatic carbocycles. The van der Waals surface area contributed by atoms with Gasteiger partial charge in [-0.1, -0.05) is 201 Å². The van der Waals surface area contributed by atoms with E-state index in [9.17, 15) is 14.4 Å². The minimum absolute atomic E-state index is 0.167. The fourth-order valence-electron chi connectivity index (χ4n) is 5.04. The van der Waals surface area contributed by atoms with Crippen molar-refractivity contribution in [2.24, 2.45) is 11.8 Å². The van der Waals surface area contributed by atoms with Gasteiger partial charge in [0.25, 0.3) is 0 Å². The van der Waals surface area contributed by atoms with Gasteiger partial charge in [0.05, 0.1) is 0 Å². The number of hydrogen-bond acceptors (Lipinski definition) is 5. The van der Waals surface area contributed by atoms with Crippen LogP contribution in [0.25, 0.3) is 0 Å². The Bertz CT molecular complexity index is 582. The van der Waals surface area contributed by atoms with Crippen molar-refractivity contribution in [1.29, 1.82) is 0 Å². The number of hydrogen-bond donors (Lipinski definition) is 2. The first-order chi connectivity index (χ1) is 23.5. The molecule has 0 aliphatic heterocycles. The van der Waals surface area contributed by atoms with Crippen LogP contribution in [0, 0.1) is 11.8 Å². The summed E-state index contributed by atoms with van der Waals surface area (Å²) < 4.78 is 8.25. The van der Waals surface area contributed by atoms with Crippen LogP contribution in [0.1, 0.15) is 221 Å². The van der Waals surface area contributed by atoms with Crippen LogP contribution in [0.15, 0.2) is 12.7 Å². The molecule has 0 aliphatic carbocycles. The van der Waals surface area contributed by atoms with Crippen LogP contribution >= 0.6 is 0 Å². The van der Waals surface area contributed by atoms with E-state index >= 15 is 0 Å². The second-order valence-electron chi connectivity index (χ2n) is 14.3. The molecular weight excluding hydrogens is 648 g/mol. The van der Waals surface area contributed by atoms with Gasteiger partial charge in [-0.25, -0.2) is 4.79 Å². The zero-order valence-electron chi connectivity index (χ0n) is 33.3. The third kappa shape index (κ3) is 87.4. The van der Waals surface area contributed by atoms with Crippen LogP contribution in [0.2, 0.25) is 0 Å². The fraction of sp³-hybridized carbons (Fsp3) is 0.881. The topological polar surface area (TPSA) is 109 Å². The second kappa shape index (κ2) is 56.4. The van der Waals surface area contributed by atoms with Crippen molar-refractivity contribution in [1.82, 2.24) is 0 Å². The van der Waals surface area contributed by atoms with E-state index < -0.39 is 5.97 Å². The Kier molecular flexibility index (Phi) is 66.0. The van der Waals surface area contributed by atoms with E-state index in [1.807, 2.05) is 12.6 Å². The number of aliphatic carboxylic acids is 1. The van der Waals surface area contributed by atoms with Gasteiger partial charge in [-0.2, -0.15) is 12.8 Å². The Morgan fingerprint density at radius 1 is 0.510 bits per heavy atom. The predicted octanol–water partition coefficient (Wildman–Crippen LogP) is 12.9. The average Bonchev–Trinajstić information content (AvgIpc) is 3.06. The van der Waals surface area contributed by atoms with E-state index in [1.165, 1.54) is 154 Å². The van der Waals surface area contributed by atoms with Crippen molar-refractivity contribution in [2.75, 3.05) is 0 Å². The predicted molar refractivity (Wildman–Crippen MR) is 206 cm³/mol. The summed E-state index contributed by atoms with van der Waals surface area (Å²) in [5, 5.41) is 15.7. The number of aliphatic hydroxyl groups excluding tert-OH is 1. The maximum atomic E-state index is 10.0. The summed E-state index contributed by atoms with van der Waals surface area (Å²) in [6.07, 6.45) is 41.3. The molecule has 2 N–H and O–H groups in total. The standard InChI is InChI=1S/2C18H35O.C3H4O2.C3H8O.O.Ti/c2*1-18(2)16-14-12-10-8-6-4-3-5-7-9-11-13-15-17-19;1-2-3(4)5;1-3(2)4;;/h2*18H,3-16H2,1-2H3;2H,1H2,(H,4,5);3-4H,1-2H3;;/q2*-1;;;;+2. The molecule has 290 valence electrons. The Hall–Kier alpha value is -0.976. The first-order valence-electron chi connectivity index (χ1n) is 20.0. The molecule has 0 radical (unpaired) electrons. The van der Waals surface area contributed by atoms with Gasteiger partial charge in [0.1, 0.15) is 0 Å². The van der Waals surface area contributed by atoms with Gasteiger partial charge < -0.3 is 19.8 Å². The van der Waals surface area contributed by atoms with Gasteiger partial charge in [0.15, 0.2) is 0 Å². The number of carboxylic acid groups (broad SMARTS) is 1. The molecule has 0 heterocycles. The maximum absolute atomic E-state index is 10.0. The van der Waals surface area contributed by atoms with E-state index in [2.05, 4.69) is 34.3 Å². The molecule has 0 bridgehead atoms. The van der Waals surface area contributed by atoms with Gasteiger partial charge in [-0.3, -0.25) is 12.6 Å². The zero-order valence-corrected chi connectivity index (χ0v) is 34.9. The molecule has 0 aromatic rings. The molecule has 49 heavy (non-hydrogen) atoms. The van der Waals surface area contributed by atoms with E-state index in [0.717, 1.165) is 51.2 Å². The number of carbonyl (C=O) groups excluding carboxylic acids is 2. The molecule has 0 aromatic heterocycles. The Morgan fingerprint density at radius 2 is 0.673 bits per heavy atom. The van der Waals surface area contributed by atoms with Gasteiger partial charge in [0.2, 0.25) is 0 Å². The summed E-state index contributed by atoms with van der Waals surface area (Å²) in [7, 11) is 0. The third-order valence-corrected chi connectivity index (χ3v) is 7.80. The summed E-state index contributed by atoms with van der Waals surface area (Å²) in [5.74, 6) is 0.777. The van der Waals surface area contributed by atoms with Crippen LogP contribution < -0.4 is 0 Å². The van der Waals surface area contributed by atoms with E-state index in [1.54, 1.807) is 13.8 Å². The van der Waals surface area contributed by atoms with Crippen LogP contribution in [-0.4, -0.2) is 34.9 Å². The summed E-state index contributed by atoms with van der Waals surface area (Å²) in [6, 6.07) is 0. The number of rotatable bonds is 31. The number of carbonyl (C=O) groups is 1. The van der Waals surface area contributed by atoms with Crippen LogP contribution in [0.3, 0.4) is 0 Å². The molecule has 0 atom stereocenters. The van der Waals surface area contributed by atoms with E-state index in [-0.39, 0.29) is 6.10 Å². The Balaban J connectivity index is -0.000000202. The van der Waals surface area contributed by atoms with Crippen LogP contribution in [-0.2, 0) is 38.1 Å². The van der Waals surface area contributed by atoms with Gasteiger partial charge >= 0.3 is 29.7 Å². The monoisotopic (exact) mass is 731 g/mol. The average molecular weight is 731 g/mol. The zero-order chi connectivity index (χ0) is 38.2. The third-order valence-electron chi connectivity index (χ3n) is 7.80. The van der Waals surface area contributed by atoms with Crippen LogP contribution in [0.4, 0.5) is 0 Å².